The average molecular weight is 380 g/mol. The third kappa shape index (κ3) is 3.71. The first-order chi connectivity index (χ1) is 12.7. The van der Waals surface area contributed by atoms with Gasteiger partial charge >= 0.3 is 0 Å². The Hall–Kier alpha value is -2.83. The maximum absolute atomic E-state index is 5.93. The molecule has 0 aliphatic carbocycles. The molecule has 0 saturated carbocycles. The van der Waals surface area contributed by atoms with Crippen molar-refractivity contribution >= 4 is 34.4 Å². The van der Waals surface area contributed by atoms with Gasteiger partial charge in [-0.05, 0) is 42.8 Å². The first kappa shape index (κ1) is 16.6. The molecule has 0 aliphatic heterocycles. The Kier molecular flexibility index (Phi) is 4.60. The topological polar surface area (TPSA) is 63.6 Å². The summed E-state index contributed by atoms with van der Waals surface area (Å²) in [6, 6.07) is 13.8. The van der Waals surface area contributed by atoms with Gasteiger partial charge in [0.15, 0.2) is 0 Å². The highest BCUT2D eigenvalue weighted by atomic mass is 35.5. The van der Waals surface area contributed by atoms with Gasteiger partial charge in [0.2, 0.25) is 5.28 Å². The number of aromatic nitrogens is 4. The van der Waals surface area contributed by atoms with Gasteiger partial charge < -0.3 is 5.32 Å². The zero-order valence-corrected chi connectivity index (χ0v) is 15.4. The fraction of sp³-hybridized carbons (Fsp3) is 0.0526. The molecule has 0 saturated heterocycles. The molecular formula is C19H14ClN5S. The number of hydrogen-bond donors (Lipinski definition) is 1. The molecule has 4 aromatic rings. The van der Waals surface area contributed by atoms with Gasteiger partial charge in [0.25, 0.3) is 0 Å². The lowest BCUT2D eigenvalue weighted by molar-refractivity contribution is 1.10. The molecule has 0 bridgehead atoms. The van der Waals surface area contributed by atoms with Crippen molar-refractivity contribution in [1.82, 2.24) is 19.9 Å². The van der Waals surface area contributed by atoms with Crippen LogP contribution < -0.4 is 5.32 Å². The number of halogens is 1. The van der Waals surface area contributed by atoms with Crippen LogP contribution in [0.2, 0.25) is 5.28 Å². The van der Waals surface area contributed by atoms with Crippen LogP contribution in [-0.2, 0) is 0 Å². The van der Waals surface area contributed by atoms with E-state index < -0.39 is 0 Å². The van der Waals surface area contributed by atoms with E-state index in [1.54, 1.807) is 17.5 Å². The number of pyridine rings is 1. The van der Waals surface area contributed by atoms with E-state index in [0.29, 0.717) is 5.82 Å². The summed E-state index contributed by atoms with van der Waals surface area (Å²) in [6.07, 6.45) is 3.58. The molecule has 128 valence electrons. The lowest BCUT2D eigenvalue weighted by Crippen LogP contribution is -1.96. The number of nitrogens with one attached hydrogen (secondary N) is 1. The Morgan fingerprint density at radius 3 is 2.69 bits per heavy atom. The second-order valence-electron chi connectivity index (χ2n) is 5.65. The summed E-state index contributed by atoms with van der Waals surface area (Å²) >= 11 is 7.53. The third-order valence-electron chi connectivity index (χ3n) is 3.67. The van der Waals surface area contributed by atoms with Crippen LogP contribution in [0.4, 0.5) is 11.5 Å². The van der Waals surface area contributed by atoms with Crippen LogP contribution in [0.3, 0.4) is 0 Å². The summed E-state index contributed by atoms with van der Waals surface area (Å²) < 4.78 is 0. The van der Waals surface area contributed by atoms with Crippen LogP contribution in [0.5, 0.6) is 0 Å². The number of thiazole rings is 1. The van der Waals surface area contributed by atoms with Crippen molar-refractivity contribution in [3.63, 3.8) is 0 Å². The van der Waals surface area contributed by atoms with Gasteiger partial charge in [-0.3, -0.25) is 4.98 Å². The lowest BCUT2D eigenvalue weighted by Gasteiger charge is -2.08. The monoisotopic (exact) mass is 379 g/mol. The molecule has 0 unspecified atom stereocenters. The van der Waals surface area contributed by atoms with Crippen molar-refractivity contribution in [3.8, 4) is 21.8 Å². The van der Waals surface area contributed by atoms with Crippen molar-refractivity contribution in [1.29, 1.82) is 0 Å². The molecule has 3 aromatic heterocycles. The van der Waals surface area contributed by atoms with Crippen LogP contribution in [0, 0.1) is 6.92 Å². The molecule has 1 N–H and O–H groups in total. The Balaban J connectivity index is 1.61. The quantitative estimate of drug-likeness (QED) is 0.483. The summed E-state index contributed by atoms with van der Waals surface area (Å²) in [5.74, 6) is 0.661. The van der Waals surface area contributed by atoms with E-state index in [4.69, 9.17) is 16.6 Å². The highest BCUT2D eigenvalue weighted by Gasteiger charge is 2.08. The summed E-state index contributed by atoms with van der Waals surface area (Å²) in [5, 5.41) is 6.49. The summed E-state index contributed by atoms with van der Waals surface area (Å²) in [4.78, 5) is 17.2. The predicted molar refractivity (Wildman–Crippen MR) is 106 cm³/mol. The molecule has 0 amide bonds. The fourth-order valence-electron chi connectivity index (χ4n) is 2.53. The molecule has 0 aliphatic rings. The van der Waals surface area contributed by atoms with Gasteiger partial charge in [-0.1, -0.05) is 12.1 Å². The fourth-order valence-corrected chi connectivity index (χ4v) is 3.57. The van der Waals surface area contributed by atoms with Crippen molar-refractivity contribution in [2.45, 2.75) is 6.92 Å². The van der Waals surface area contributed by atoms with E-state index in [0.717, 1.165) is 33.2 Å². The molecule has 0 fully saturated rings. The smallest absolute Gasteiger partial charge is 0.224 e. The Morgan fingerprint density at radius 1 is 1.00 bits per heavy atom. The van der Waals surface area contributed by atoms with Crippen LogP contribution >= 0.6 is 22.9 Å². The normalized spacial score (nSPS) is 10.7. The highest BCUT2D eigenvalue weighted by molar-refractivity contribution is 7.13. The van der Waals surface area contributed by atoms with Crippen LogP contribution in [0.1, 0.15) is 5.69 Å². The zero-order chi connectivity index (χ0) is 17.9. The second kappa shape index (κ2) is 7.19. The number of rotatable bonds is 4. The predicted octanol–water partition coefficient (Wildman–Crippen LogP) is 5.37. The van der Waals surface area contributed by atoms with Gasteiger partial charge in [0, 0.05) is 46.3 Å². The molecule has 0 radical (unpaired) electrons. The average Bonchev–Trinajstić information content (AvgIpc) is 3.12. The van der Waals surface area contributed by atoms with Gasteiger partial charge in [0.1, 0.15) is 10.8 Å². The van der Waals surface area contributed by atoms with Crippen LogP contribution in [-0.4, -0.2) is 19.9 Å². The van der Waals surface area contributed by atoms with Crippen LogP contribution in [0.15, 0.2) is 60.2 Å². The molecule has 4 rings (SSSR count). The van der Waals surface area contributed by atoms with E-state index in [2.05, 4.69) is 20.3 Å². The van der Waals surface area contributed by atoms with Gasteiger partial charge in [-0.15, -0.1) is 11.3 Å². The van der Waals surface area contributed by atoms with Crippen molar-refractivity contribution in [2.24, 2.45) is 0 Å². The molecular weight excluding hydrogens is 366 g/mol. The number of anilines is 2. The molecule has 3 heterocycles. The second-order valence-corrected chi connectivity index (χ2v) is 6.85. The number of benzene rings is 1. The summed E-state index contributed by atoms with van der Waals surface area (Å²) in [6.45, 7) is 1.88. The van der Waals surface area contributed by atoms with Crippen molar-refractivity contribution in [3.05, 3.63) is 71.2 Å². The molecule has 5 nitrogen and oxygen atoms in total. The minimum Gasteiger partial charge on any atom is -0.340 e. The van der Waals surface area contributed by atoms with E-state index in [-0.39, 0.29) is 5.28 Å². The molecule has 7 heteroatoms. The van der Waals surface area contributed by atoms with Crippen molar-refractivity contribution in [2.75, 3.05) is 5.32 Å². The lowest BCUT2D eigenvalue weighted by atomic mass is 10.1. The maximum atomic E-state index is 5.93. The molecule has 0 atom stereocenters. The van der Waals surface area contributed by atoms with Gasteiger partial charge in [-0.2, -0.15) is 0 Å². The Morgan fingerprint density at radius 2 is 1.88 bits per heavy atom. The minimum absolute atomic E-state index is 0.226. The summed E-state index contributed by atoms with van der Waals surface area (Å²) in [5.41, 5.74) is 4.69. The summed E-state index contributed by atoms with van der Waals surface area (Å²) in [7, 11) is 0. The Bertz CT molecular complexity index is 1030. The Labute approximate surface area is 159 Å². The van der Waals surface area contributed by atoms with E-state index >= 15 is 0 Å². The SMILES string of the molecule is Cc1cc(Nc2cccc(-c3csc(-c4cccnc4)n3)c2)nc(Cl)n1. The number of nitrogens with zero attached hydrogens (tertiary/aromatic N) is 4. The number of aryl methyl sites for hydroxylation is 1. The molecule has 0 spiro atoms. The molecule has 26 heavy (non-hydrogen) atoms. The first-order valence-electron chi connectivity index (χ1n) is 7.92. The standard InChI is InChI=1S/C19H14ClN5S/c1-12-8-17(25-19(20)22-12)23-15-6-2-4-13(9-15)16-11-26-18(24-16)14-5-3-7-21-10-14/h2-11H,1H3,(H,22,23,25). The highest BCUT2D eigenvalue weighted by Crippen LogP contribution is 2.30. The molecule has 1 aromatic carbocycles. The van der Waals surface area contributed by atoms with Crippen LogP contribution in [0.25, 0.3) is 21.8 Å². The minimum atomic E-state index is 0.226. The largest absolute Gasteiger partial charge is 0.340 e. The van der Waals surface area contributed by atoms with Gasteiger partial charge in [-0.25, -0.2) is 15.0 Å². The van der Waals surface area contributed by atoms with E-state index in [1.165, 1.54) is 0 Å². The first-order valence-corrected chi connectivity index (χ1v) is 9.18. The zero-order valence-electron chi connectivity index (χ0n) is 13.8. The van der Waals surface area contributed by atoms with Crippen molar-refractivity contribution < 1.29 is 0 Å². The van der Waals surface area contributed by atoms with Gasteiger partial charge in [0.05, 0.1) is 5.69 Å². The van der Waals surface area contributed by atoms with E-state index in [9.17, 15) is 0 Å². The number of hydrogen-bond acceptors (Lipinski definition) is 6. The third-order valence-corrected chi connectivity index (χ3v) is 4.73. The maximum Gasteiger partial charge on any atom is 0.224 e. The van der Waals surface area contributed by atoms with E-state index in [1.807, 2.05) is 61.0 Å².